The molecule has 1 saturated heterocycles. The van der Waals surface area contributed by atoms with Gasteiger partial charge >= 0.3 is 0 Å². The minimum atomic E-state index is -0.803. The first kappa shape index (κ1) is 22.5. The van der Waals surface area contributed by atoms with Crippen molar-refractivity contribution in [3.63, 3.8) is 0 Å². The van der Waals surface area contributed by atoms with Crippen LogP contribution in [0.5, 0.6) is 5.75 Å². The third-order valence-electron chi connectivity index (χ3n) is 5.62. The number of ketones is 1. The van der Waals surface area contributed by atoms with Crippen LogP contribution in [0.15, 0.2) is 54.1 Å². The van der Waals surface area contributed by atoms with Crippen LogP contribution in [-0.2, 0) is 9.59 Å². The smallest absolute Gasteiger partial charge is 0.295 e. The first-order valence-electron chi connectivity index (χ1n) is 10.3. The van der Waals surface area contributed by atoms with Gasteiger partial charge in [0.1, 0.15) is 17.3 Å². The lowest BCUT2D eigenvalue weighted by molar-refractivity contribution is -0.140. The summed E-state index contributed by atoms with van der Waals surface area (Å²) in [5, 5.41) is 11.0. The monoisotopic (exact) mass is 426 g/mol. The zero-order valence-electron chi connectivity index (χ0n) is 18.0. The Morgan fingerprint density at radius 1 is 1.13 bits per heavy atom. The summed E-state index contributed by atoms with van der Waals surface area (Å²) in [6.45, 7) is 6.56. The van der Waals surface area contributed by atoms with Gasteiger partial charge in [-0.05, 0) is 42.9 Å². The number of carbonyl (C=O) groups is 2. The highest BCUT2D eigenvalue weighted by atomic mass is 19.1. The van der Waals surface area contributed by atoms with Crippen LogP contribution in [0.1, 0.15) is 31.0 Å². The second-order valence-corrected chi connectivity index (χ2v) is 7.30. The van der Waals surface area contributed by atoms with Crippen LogP contribution < -0.4 is 4.74 Å². The Morgan fingerprint density at radius 3 is 2.42 bits per heavy atom. The molecular formula is C24H27FN2O4. The minimum absolute atomic E-state index is 0.00981. The highest BCUT2D eigenvalue weighted by Crippen LogP contribution is 2.39. The van der Waals surface area contributed by atoms with Crippen LogP contribution in [0.3, 0.4) is 0 Å². The van der Waals surface area contributed by atoms with Crippen molar-refractivity contribution in [2.24, 2.45) is 0 Å². The Bertz CT molecular complexity index is 983. The lowest BCUT2D eigenvalue weighted by atomic mass is 9.95. The summed E-state index contributed by atoms with van der Waals surface area (Å²) in [6.07, 6.45) is 0. The van der Waals surface area contributed by atoms with Crippen molar-refractivity contribution < 1.29 is 23.8 Å². The van der Waals surface area contributed by atoms with Crippen molar-refractivity contribution in [3.05, 3.63) is 71.0 Å². The molecule has 1 fully saturated rings. The predicted molar refractivity (Wildman–Crippen MR) is 116 cm³/mol. The molecule has 6 nitrogen and oxygen atoms in total. The predicted octanol–water partition coefficient (Wildman–Crippen LogP) is 3.60. The van der Waals surface area contributed by atoms with Gasteiger partial charge in [-0.3, -0.25) is 9.59 Å². The summed E-state index contributed by atoms with van der Waals surface area (Å²) in [4.78, 5) is 29.5. The molecule has 1 aliphatic rings. The molecule has 1 heterocycles. The molecule has 164 valence electrons. The third kappa shape index (κ3) is 4.61. The van der Waals surface area contributed by atoms with Gasteiger partial charge in [0.25, 0.3) is 11.7 Å². The number of hydrogen-bond acceptors (Lipinski definition) is 5. The van der Waals surface area contributed by atoms with Crippen molar-refractivity contribution in [2.45, 2.75) is 19.9 Å². The number of nitrogens with zero attached hydrogens (tertiary/aromatic N) is 2. The molecular weight excluding hydrogens is 399 g/mol. The molecule has 0 saturated carbocycles. The van der Waals surface area contributed by atoms with Crippen molar-refractivity contribution in [2.75, 3.05) is 33.3 Å². The van der Waals surface area contributed by atoms with Crippen molar-refractivity contribution in [1.29, 1.82) is 0 Å². The molecule has 1 N–H and O–H groups in total. The van der Waals surface area contributed by atoms with Crippen molar-refractivity contribution in [1.82, 2.24) is 9.80 Å². The first-order chi connectivity index (χ1) is 14.9. The van der Waals surface area contributed by atoms with Gasteiger partial charge in [-0.25, -0.2) is 4.39 Å². The number of likely N-dealkylation sites (N-methyl/N-ethyl adjacent to an activating group) is 1. The zero-order chi connectivity index (χ0) is 22.5. The third-order valence-corrected chi connectivity index (χ3v) is 5.62. The normalized spacial score (nSPS) is 18.1. The molecule has 1 aliphatic heterocycles. The standard InChI is InChI=1S/C24H27FN2O4/c1-4-26(5-2)13-14-27-21(16-9-11-18(25)12-10-16)20(23(29)24(27)30)22(28)17-7-6-8-19(15-17)31-3/h6-12,15,21,28H,4-5,13-14H2,1-3H3/b22-20-. The Kier molecular flexibility index (Phi) is 7.07. The number of aliphatic hydroxyl groups is 1. The summed E-state index contributed by atoms with van der Waals surface area (Å²) >= 11 is 0. The molecule has 0 radical (unpaired) electrons. The lowest BCUT2D eigenvalue weighted by Gasteiger charge is -2.28. The number of rotatable bonds is 8. The Hall–Kier alpha value is -3.19. The summed E-state index contributed by atoms with van der Waals surface area (Å²) in [7, 11) is 1.50. The van der Waals surface area contributed by atoms with E-state index in [4.69, 9.17) is 4.74 Å². The van der Waals surface area contributed by atoms with Gasteiger partial charge < -0.3 is 19.6 Å². The van der Waals surface area contributed by atoms with Crippen LogP contribution in [0.4, 0.5) is 4.39 Å². The number of Topliss-reactive ketones (excluding diaryl/α,β-unsaturated/α-hetero) is 1. The Balaban J connectivity index is 2.10. The molecule has 1 amide bonds. The van der Waals surface area contributed by atoms with E-state index in [2.05, 4.69) is 4.90 Å². The summed E-state index contributed by atoms with van der Waals surface area (Å²) < 4.78 is 18.8. The second kappa shape index (κ2) is 9.75. The molecule has 7 heteroatoms. The van der Waals surface area contributed by atoms with E-state index in [9.17, 15) is 19.1 Å². The van der Waals surface area contributed by atoms with E-state index in [1.54, 1.807) is 24.3 Å². The summed E-state index contributed by atoms with van der Waals surface area (Å²) in [6, 6.07) is 11.5. The second-order valence-electron chi connectivity index (χ2n) is 7.30. The molecule has 0 bridgehead atoms. The SMILES string of the molecule is CCN(CC)CCN1C(=O)C(=O)/C(=C(\O)c2cccc(OC)c2)C1c1ccc(F)cc1. The molecule has 3 rings (SSSR count). The maximum Gasteiger partial charge on any atom is 0.295 e. The highest BCUT2D eigenvalue weighted by molar-refractivity contribution is 6.46. The van der Waals surface area contributed by atoms with E-state index < -0.39 is 23.5 Å². The Labute approximate surface area is 181 Å². The van der Waals surface area contributed by atoms with Gasteiger partial charge in [0.15, 0.2) is 0 Å². The van der Waals surface area contributed by atoms with E-state index in [0.29, 0.717) is 30.0 Å². The molecule has 0 spiro atoms. The van der Waals surface area contributed by atoms with E-state index in [-0.39, 0.29) is 11.3 Å². The largest absolute Gasteiger partial charge is 0.507 e. The van der Waals surface area contributed by atoms with Gasteiger partial charge in [-0.1, -0.05) is 38.1 Å². The number of amides is 1. The van der Waals surface area contributed by atoms with E-state index in [0.717, 1.165) is 13.1 Å². The van der Waals surface area contributed by atoms with Crippen LogP contribution >= 0.6 is 0 Å². The van der Waals surface area contributed by atoms with Crippen molar-refractivity contribution in [3.8, 4) is 5.75 Å². The number of aliphatic hydroxyl groups excluding tert-OH is 1. The molecule has 0 aliphatic carbocycles. The summed E-state index contributed by atoms with van der Waals surface area (Å²) in [5.41, 5.74) is 0.919. The van der Waals surface area contributed by atoms with Crippen LogP contribution in [0.2, 0.25) is 0 Å². The first-order valence-corrected chi connectivity index (χ1v) is 10.3. The fraction of sp³-hybridized carbons (Fsp3) is 0.333. The van der Waals surface area contributed by atoms with Crippen LogP contribution in [-0.4, -0.2) is 59.9 Å². The fourth-order valence-corrected chi connectivity index (χ4v) is 3.82. The number of likely N-dealkylation sites (tertiary alicyclic amines) is 1. The molecule has 0 aromatic heterocycles. The van der Waals surface area contributed by atoms with Gasteiger partial charge in [-0.2, -0.15) is 0 Å². The number of carbonyl (C=O) groups excluding carboxylic acids is 2. The van der Waals surface area contributed by atoms with Gasteiger partial charge in [-0.15, -0.1) is 0 Å². The van der Waals surface area contributed by atoms with Gasteiger partial charge in [0.2, 0.25) is 0 Å². The fourth-order valence-electron chi connectivity index (χ4n) is 3.82. The topological polar surface area (TPSA) is 70.1 Å². The molecule has 1 atom stereocenters. The van der Waals surface area contributed by atoms with E-state index >= 15 is 0 Å². The van der Waals surface area contributed by atoms with Gasteiger partial charge in [0, 0.05) is 18.7 Å². The van der Waals surface area contributed by atoms with Crippen molar-refractivity contribution >= 4 is 17.4 Å². The Morgan fingerprint density at radius 2 is 1.81 bits per heavy atom. The zero-order valence-corrected chi connectivity index (χ0v) is 18.0. The number of benzene rings is 2. The van der Waals surface area contributed by atoms with E-state index in [1.165, 1.54) is 36.3 Å². The highest BCUT2D eigenvalue weighted by Gasteiger charge is 2.46. The molecule has 2 aromatic rings. The van der Waals surface area contributed by atoms with Crippen LogP contribution in [0.25, 0.3) is 5.76 Å². The lowest BCUT2D eigenvalue weighted by Crippen LogP contribution is -2.38. The van der Waals surface area contributed by atoms with E-state index in [1.807, 2.05) is 13.8 Å². The number of halogens is 1. The van der Waals surface area contributed by atoms with Gasteiger partial charge in [0.05, 0.1) is 18.7 Å². The average Bonchev–Trinajstić information content (AvgIpc) is 3.04. The molecule has 31 heavy (non-hydrogen) atoms. The molecule has 2 aromatic carbocycles. The number of ether oxygens (including phenoxy) is 1. The number of hydrogen-bond donors (Lipinski definition) is 1. The average molecular weight is 426 g/mol. The summed E-state index contributed by atoms with van der Waals surface area (Å²) in [5.74, 6) is -1.62. The minimum Gasteiger partial charge on any atom is -0.507 e. The molecule has 1 unspecified atom stereocenters. The maximum atomic E-state index is 13.5. The quantitative estimate of drug-likeness (QED) is 0.397. The maximum absolute atomic E-state index is 13.5. The van der Waals surface area contributed by atoms with Crippen LogP contribution in [0, 0.1) is 5.82 Å². The number of methoxy groups -OCH3 is 1.